The molecule has 2 aromatic carbocycles. The van der Waals surface area contributed by atoms with Crippen LogP contribution in [0.15, 0.2) is 42.5 Å². The number of fused-ring (bicyclic) bond motifs is 3. The molecule has 4 aromatic rings. The Bertz CT molecular complexity index is 1180. The number of nitrogens with two attached hydrogens (primary N) is 1. The molecule has 0 radical (unpaired) electrons. The average Bonchev–Trinajstić information content (AvgIpc) is 3.13. The molecule has 8 heteroatoms. The second kappa shape index (κ2) is 6.80. The summed E-state index contributed by atoms with van der Waals surface area (Å²) in [5.74, 6) is 0.928. The Labute approximate surface area is 160 Å². The number of esters is 1. The lowest BCUT2D eigenvalue weighted by molar-refractivity contribution is 0.0380. The van der Waals surface area contributed by atoms with Gasteiger partial charge in [0.1, 0.15) is 5.75 Å². The molecule has 0 aliphatic carbocycles. The fourth-order valence-corrected chi connectivity index (χ4v) is 2.96. The number of benzene rings is 2. The van der Waals surface area contributed by atoms with Crippen molar-refractivity contribution in [1.82, 2.24) is 19.6 Å². The van der Waals surface area contributed by atoms with Crippen LogP contribution in [0.4, 0.5) is 5.95 Å². The van der Waals surface area contributed by atoms with E-state index in [-0.39, 0.29) is 12.1 Å². The van der Waals surface area contributed by atoms with E-state index in [9.17, 15) is 4.79 Å². The Morgan fingerprint density at radius 3 is 2.54 bits per heavy atom. The van der Waals surface area contributed by atoms with E-state index in [1.807, 2.05) is 30.3 Å². The summed E-state index contributed by atoms with van der Waals surface area (Å²) in [6.45, 7) is 3.59. The normalized spacial score (nSPS) is 11.3. The summed E-state index contributed by atoms with van der Waals surface area (Å²) in [7, 11) is 1.61. The van der Waals surface area contributed by atoms with Crippen LogP contribution in [0.25, 0.3) is 27.9 Å². The number of hydrogen-bond acceptors (Lipinski definition) is 7. The fourth-order valence-electron chi connectivity index (χ4n) is 2.96. The molecule has 28 heavy (non-hydrogen) atoms. The van der Waals surface area contributed by atoms with E-state index >= 15 is 0 Å². The molecule has 0 aliphatic rings. The van der Waals surface area contributed by atoms with E-state index in [1.54, 1.807) is 33.1 Å². The highest BCUT2D eigenvalue weighted by Gasteiger charge is 2.19. The van der Waals surface area contributed by atoms with Gasteiger partial charge in [-0.2, -0.15) is 4.52 Å². The third-order valence-electron chi connectivity index (χ3n) is 4.24. The smallest absolute Gasteiger partial charge is 0.340 e. The fraction of sp³-hybridized carbons (Fsp3) is 0.200. The van der Waals surface area contributed by atoms with E-state index in [0.29, 0.717) is 27.9 Å². The highest BCUT2D eigenvalue weighted by atomic mass is 16.5. The first-order valence-corrected chi connectivity index (χ1v) is 8.78. The predicted octanol–water partition coefficient (Wildman–Crippen LogP) is 3.10. The standard InChI is InChI=1S/C20H19N5O3/c1-11(2)28-19(26)15-6-4-5-14-16(15)22-20(21)25-18(14)23-17(24-25)12-7-9-13(27-3)10-8-12/h4-11H,1-3H3,(H2,21,22). The third-order valence-corrected chi connectivity index (χ3v) is 4.24. The molecule has 2 N–H and O–H groups in total. The maximum absolute atomic E-state index is 12.4. The monoisotopic (exact) mass is 377 g/mol. The van der Waals surface area contributed by atoms with Gasteiger partial charge in [0.05, 0.1) is 24.3 Å². The predicted molar refractivity (Wildman–Crippen MR) is 105 cm³/mol. The van der Waals surface area contributed by atoms with Crippen molar-refractivity contribution < 1.29 is 14.3 Å². The highest BCUT2D eigenvalue weighted by molar-refractivity contribution is 6.06. The van der Waals surface area contributed by atoms with Crippen LogP contribution in [0.5, 0.6) is 5.75 Å². The molecule has 0 amide bonds. The zero-order chi connectivity index (χ0) is 19.8. The SMILES string of the molecule is COc1ccc(-c2nc3c4cccc(C(=O)OC(C)C)c4nc(N)n3n2)cc1. The van der Waals surface area contributed by atoms with Crippen LogP contribution in [0.3, 0.4) is 0 Å². The Balaban J connectivity index is 1.89. The molecule has 4 rings (SSSR count). The minimum atomic E-state index is -0.452. The zero-order valence-electron chi connectivity index (χ0n) is 15.7. The number of aromatic nitrogens is 4. The summed E-state index contributed by atoms with van der Waals surface area (Å²) in [6.07, 6.45) is -0.237. The molecule has 0 spiro atoms. The maximum Gasteiger partial charge on any atom is 0.340 e. The molecule has 2 heterocycles. The molecule has 142 valence electrons. The number of methoxy groups -OCH3 is 1. The number of carbonyl (C=O) groups is 1. The average molecular weight is 377 g/mol. The second-order valence-corrected chi connectivity index (χ2v) is 6.53. The lowest BCUT2D eigenvalue weighted by Gasteiger charge is -2.10. The lowest BCUT2D eigenvalue weighted by Crippen LogP contribution is -2.13. The first-order valence-electron chi connectivity index (χ1n) is 8.78. The van der Waals surface area contributed by atoms with Gasteiger partial charge in [0.2, 0.25) is 5.95 Å². The minimum absolute atomic E-state index is 0.138. The molecule has 0 aliphatic heterocycles. The van der Waals surface area contributed by atoms with E-state index in [2.05, 4.69) is 15.1 Å². The van der Waals surface area contributed by atoms with Crippen molar-refractivity contribution in [3.05, 3.63) is 48.0 Å². The molecule has 2 aromatic heterocycles. The third kappa shape index (κ3) is 2.98. The Hall–Kier alpha value is -3.68. The largest absolute Gasteiger partial charge is 0.497 e. The molecule has 0 unspecified atom stereocenters. The van der Waals surface area contributed by atoms with Crippen molar-refractivity contribution in [2.24, 2.45) is 0 Å². The van der Waals surface area contributed by atoms with Crippen LogP contribution in [-0.4, -0.2) is 38.8 Å². The van der Waals surface area contributed by atoms with E-state index in [4.69, 9.17) is 15.2 Å². The van der Waals surface area contributed by atoms with Gasteiger partial charge in [0.15, 0.2) is 11.5 Å². The van der Waals surface area contributed by atoms with E-state index in [0.717, 1.165) is 11.3 Å². The number of anilines is 1. The minimum Gasteiger partial charge on any atom is -0.497 e. The van der Waals surface area contributed by atoms with Gasteiger partial charge in [-0.05, 0) is 50.2 Å². The van der Waals surface area contributed by atoms with Crippen LogP contribution < -0.4 is 10.5 Å². The highest BCUT2D eigenvalue weighted by Crippen LogP contribution is 2.26. The molecular weight excluding hydrogens is 358 g/mol. The number of nitrogen functional groups attached to an aromatic ring is 1. The molecular formula is C20H19N5O3. The quantitative estimate of drug-likeness (QED) is 0.545. The lowest BCUT2D eigenvalue weighted by atomic mass is 10.1. The van der Waals surface area contributed by atoms with Crippen molar-refractivity contribution in [2.45, 2.75) is 20.0 Å². The van der Waals surface area contributed by atoms with Crippen LogP contribution in [-0.2, 0) is 4.74 Å². The van der Waals surface area contributed by atoms with Crippen molar-refractivity contribution in [3.63, 3.8) is 0 Å². The van der Waals surface area contributed by atoms with Crippen molar-refractivity contribution in [2.75, 3.05) is 12.8 Å². The van der Waals surface area contributed by atoms with E-state index < -0.39 is 5.97 Å². The van der Waals surface area contributed by atoms with Gasteiger partial charge in [-0.1, -0.05) is 6.07 Å². The van der Waals surface area contributed by atoms with Gasteiger partial charge in [0.25, 0.3) is 0 Å². The summed E-state index contributed by atoms with van der Waals surface area (Å²) < 4.78 is 12.0. The number of ether oxygens (including phenoxy) is 2. The second-order valence-electron chi connectivity index (χ2n) is 6.53. The van der Waals surface area contributed by atoms with Gasteiger partial charge in [-0.15, -0.1) is 5.10 Å². The van der Waals surface area contributed by atoms with Gasteiger partial charge >= 0.3 is 5.97 Å². The summed E-state index contributed by atoms with van der Waals surface area (Å²) in [6, 6.07) is 12.7. The maximum atomic E-state index is 12.4. The van der Waals surface area contributed by atoms with Gasteiger partial charge in [-0.3, -0.25) is 0 Å². The van der Waals surface area contributed by atoms with E-state index in [1.165, 1.54) is 4.52 Å². The van der Waals surface area contributed by atoms with Crippen LogP contribution in [0, 0.1) is 0 Å². The Kier molecular flexibility index (Phi) is 4.31. The van der Waals surface area contributed by atoms with Crippen LogP contribution in [0.1, 0.15) is 24.2 Å². The topological polar surface area (TPSA) is 105 Å². The molecule has 0 saturated heterocycles. The van der Waals surface area contributed by atoms with Crippen LogP contribution >= 0.6 is 0 Å². The Morgan fingerprint density at radius 2 is 1.86 bits per heavy atom. The molecule has 8 nitrogen and oxygen atoms in total. The number of hydrogen-bond donors (Lipinski definition) is 1. The molecule has 0 saturated carbocycles. The zero-order valence-corrected chi connectivity index (χ0v) is 15.7. The summed E-state index contributed by atoms with van der Waals surface area (Å²) in [5.41, 5.74) is 8.22. The van der Waals surface area contributed by atoms with Crippen molar-refractivity contribution in [3.8, 4) is 17.1 Å². The summed E-state index contributed by atoms with van der Waals surface area (Å²) in [4.78, 5) is 21.5. The first-order chi connectivity index (χ1) is 13.5. The Morgan fingerprint density at radius 1 is 1.11 bits per heavy atom. The number of para-hydroxylation sites is 1. The number of nitrogens with zero attached hydrogens (tertiary/aromatic N) is 4. The first kappa shape index (κ1) is 17.7. The van der Waals surface area contributed by atoms with Crippen molar-refractivity contribution in [1.29, 1.82) is 0 Å². The molecule has 0 bridgehead atoms. The number of rotatable bonds is 4. The van der Waals surface area contributed by atoms with Crippen LogP contribution in [0.2, 0.25) is 0 Å². The van der Waals surface area contributed by atoms with Gasteiger partial charge in [0, 0.05) is 10.9 Å². The molecule has 0 atom stereocenters. The van der Waals surface area contributed by atoms with Crippen molar-refractivity contribution >= 4 is 28.5 Å². The number of carbonyl (C=O) groups excluding carboxylic acids is 1. The van der Waals surface area contributed by atoms with Gasteiger partial charge < -0.3 is 15.2 Å². The summed E-state index contributed by atoms with van der Waals surface area (Å²) in [5, 5.41) is 5.14. The van der Waals surface area contributed by atoms with Gasteiger partial charge in [-0.25, -0.2) is 14.8 Å². The summed E-state index contributed by atoms with van der Waals surface area (Å²) >= 11 is 0. The molecule has 0 fully saturated rings.